The molecule has 1 aromatic carbocycles. The van der Waals surface area contributed by atoms with Crippen molar-refractivity contribution >= 4 is 22.0 Å². The topological polar surface area (TPSA) is 38.3 Å². The number of benzene rings is 1. The monoisotopic (exact) mass is 323 g/mol. The van der Waals surface area contributed by atoms with Crippen molar-refractivity contribution in [3.63, 3.8) is 0 Å². The van der Waals surface area contributed by atoms with Crippen LogP contribution in [0.3, 0.4) is 0 Å². The van der Waals surface area contributed by atoms with Gasteiger partial charge in [-0.05, 0) is 24.6 Å². The summed E-state index contributed by atoms with van der Waals surface area (Å²) in [6.45, 7) is 0.400. The third kappa shape index (κ3) is 2.31. The van der Waals surface area contributed by atoms with E-state index in [2.05, 4.69) is 20.7 Å². The molecule has 1 heterocycles. The minimum absolute atomic E-state index is 0.218. The molecule has 2 rings (SSSR count). The summed E-state index contributed by atoms with van der Waals surface area (Å²) in [5, 5.41) is 1.95. The molecule has 0 unspecified atom stereocenters. The van der Waals surface area contributed by atoms with Crippen molar-refractivity contribution in [2.45, 2.75) is 18.9 Å². The third-order valence-corrected chi connectivity index (χ3v) is 3.10. The van der Waals surface area contributed by atoms with Crippen LogP contribution < -0.4 is 5.32 Å². The molecule has 1 atom stereocenters. The number of carbonyl (C=O) groups excluding carboxylic acids is 1. The number of rotatable bonds is 1. The van der Waals surface area contributed by atoms with Crippen LogP contribution in [0.15, 0.2) is 16.6 Å². The first-order chi connectivity index (χ1) is 8.31. The van der Waals surface area contributed by atoms with Gasteiger partial charge in [-0.15, -0.1) is 0 Å². The Kier molecular flexibility index (Phi) is 3.27. The number of halogens is 4. The van der Waals surface area contributed by atoms with Crippen molar-refractivity contribution in [3.8, 4) is 0 Å². The van der Waals surface area contributed by atoms with E-state index in [0.29, 0.717) is 4.47 Å². The highest BCUT2D eigenvalue weighted by Gasteiger charge is 2.48. The van der Waals surface area contributed by atoms with Gasteiger partial charge in [0.1, 0.15) is 11.9 Å². The zero-order valence-electron chi connectivity index (χ0n) is 9.27. The number of carbonyl (C=O) groups is 1. The predicted octanol–water partition coefficient (Wildman–Crippen LogP) is 3.31. The molecule has 1 aromatic rings. The lowest BCUT2D eigenvalue weighted by Gasteiger charge is -2.32. The van der Waals surface area contributed by atoms with Crippen molar-refractivity contribution in [3.05, 3.63) is 33.5 Å². The molecule has 0 bridgehead atoms. The molecule has 98 valence electrons. The average molecular weight is 324 g/mol. The van der Waals surface area contributed by atoms with Gasteiger partial charge in [0.25, 0.3) is 0 Å². The Morgan fingerprint density at radius 2 is 2.17 bits per heavy atom. The first kappa shape index (κ1) is 13.2. The standard InChI is InChI=1S/C11H9BrF3NO2/c1-5-2-6(12)3-7(8(5)13)9-11(14,15)4-18-10(17)16-9/h2-3,9H,4H2,1H3,(H,16,17)/t9-/m1/s1. The maximum absolute atomic E-state index is 13.9. The Morgan fingerprint density at radius 1 is 1.50 bits per heavy atom. The minimum atomic E-state index is -3.36. The molecule has 1 fully saturated rings. The van der Waals surface area contributed by atoms with Crippen LogP contribution in [0.1, 0.15) is 17.2 Å². The maximum Gasteiger partial charge on any atom is 0.408 e. The quantitative estimate of drug-likeness (QED) is 0.861. The van der Waals surface area contributed by atoms with E-state index in [9.17, 15) is 18.0 Å². The average Bonchev–Trinajstić information content (AvgIpc) is 2.27. The van der Waals surface area contributed by atoms with Crippen molar-refractivity contribution in [2.75, 3.05) is 6.61 Å². The van der Waals surface area contributed by atoms with E-state index in [1.807, 2.05) is 5.32 Å². The maximum atomic E-state index is 13.9. The van der Waals surface area contributed by atoms with Crippen LogP contribution in [0.25, 0.3) is 0 Å². The predicted molar refractivity (Wildman–Crippen MR) is 61.0 cm³/mol. The second kappa shape index (κ2) is 4.46. The molecule has 0 radical (unpaired) electrons. The molecule has 7 heteroatoms. The van der Waals surface area contributed by atoms with E-state index in [1.54, 1.807) is 0 Å². The van der Waals surface area contributed by atoms with Gasteiger partial charge in [0.15, 0.2) is 6.61 Å². The number of alkyl halides is 2. The zero-order chi connectivity index (χ0) is 13.5. The Hall–Kier alpha value is -1.24. The fourth-order valence-corrected chi connectivity index (χ4v) is 2.37. The van der Waals surface area contributed by atoms with Gasteiger partial charge >= 0.3 is 12.0 Å². The molecular formula is C11H9BrF3NO2. The molecular weight excluding hydrogens is 315 g/mol. The van der Waals surface area contributed by atoms with Crippen LogP contribution in [0.2, 0.25) is 0 Å². The van der Waals surface area contributed by atoms with Crippen molar-refractivity contribution < 1.29 is 22.7 Å². The van der Waals surface area contributed by atoms with Crippen molar-refractivity contribution in [1.82, 2.24) is 5.32 Å². The molecule has 1 aliphatic rings. The fraction of sp³-hybridized carbons (Fsp3) is 0.364. The first-order valence-electron chi connectivity index (χ1n) is 5.08. The molecule has 0 aromatic heterocycles. The molecule has 0 saturated carbocycles. The Bertz CT molecular complexity index is 507. The van der Waals surface area contributed by atoms with Crippen LogP contribution in [-0.2, 0) is 4.74 Å². The summed E-state index contributed by atoms with van der Waals surface area (Å²) in [4.78, 5) is 11.0. The summed E-state index contributed by atoms with van der Waals surface area (Å²) in [7, 11) is 0. The van der Waals surface area contributed by atoms with Crippen LogP contribution >= 0.6 is 15.9 Å². The number of ether oxygens (including phenoxy) is 1. The second-order valence-electron chi connectivity index (χ2n) is 4.04. The Balaban J connectivity index is 2.49. The summed E-state index contributed by atoms with van der Waals surface area (Å²) in [6.07, 6.45) is -0.983. The summed E-state index contributed by atoms with van der Waals surface area (Å²) in [6, 6.07) is 0.972. The molecule has 18 heavy (non-hydrogen) atoms. The van der Waals surface area contributed by atoms with E-state index < -0.39 is 30.5 Å². The number of hydrogen-bond acceptors (Lipinski definition) is 2. The van der Waals surface area contributed by atoms with E-state index in [1.165, 1.54) is 19.1 Å². The summed E-state index contributed by atoms with van der Waals surface area (Å²) in [5.74, 6) is -4.12. The summed E-state index contributed by atoms with van der Waals surface area (Å²) in [5.41, 5.74) is -0.0422. The molecule has 1 amide bonds. The van der Waals surface area contributed by atoms with Crippen LogP contribution in [0, 0.1) is 12.7 Å². The summed E-state index contributed by atoms with van der Waals surface area (Å²) >= 11 is 3.11. The van der Waals surface area contributed by atoms with Gasteiger partial charge in [-0.3, -0.25) is 0 Å². The minimum Gasteiger partial charge on any atom is -0.443 e. The lowest BCUT2D eigenvalue weighted by Crippen LogP contribution is -2.50. The van der Waals surface area contributed by atoms with E-state index in [4.69, 9.17) is 0 Å². The van der Waals surface area contributed by atoms with E-state index >= 15 is 0 Å². The number of alkyl carbamates (subject to hydrolysis) is 1. The highest BCUT2D eigenvalue weighted by molar-refractivity contribution is 9.10. The van der Waals surface area contributed by atoms with Gasteiger partial charge in [-0.25, -0.2) is 18.0 Å². The highest BCUT2D eigenvalue weighted by atomic mass is 79.9. The van der Waals surface area contributed by atoms with Crippen molar-refractivity contribution in [2.24, 2.45) is 0 Å². The van der Waals surface area contributed by atoms with Gasteiger partial charge in [-0.1, -0.05) is 15.9 Å². The molecule has 1 aliphatic heterocycles. The van der Waals surface area contributed by atoms with E-state index in [-0.39, 0.29) is 11.1 Å². The van der Waals surface area contributed by atoms with Gasteiger partial charge in [0.05, 0.1) is 0 Å². The fourth-order valence-electron chi connectivity index (χ4n) is 1.78. The van der Waals surface area contributed by atoms with Gasteiger partial charge in [-0.2, -0.15) is 0 Å². The van der Waals surface area contributed by atoms with Gasteiger partial charge in [0, 0.05) is 10.0 Å². The second-order valence-corrected chi connectivity index (χ2v) is 4.96. The van der Waals surface area contributed by atoms with Crippen LogP contribution in [0.5, 0.6) is 0 Å². The highest BCUT2D eigenvalue weighted by Crippen LogP contribution is 2.37. The number of cyclic esters (lactones) is 1. The Morgan fingerprint density at radius 3 is 2.83 bits per heavy atom. The van der Waals surface area contributed by atoms with Gasteiger partial charge < -0.3 is 10.1 Å². The number of amides is 1. The molecule has 1 N–H and O–H groups in total. The van der Waals surface area contributed by atoms with Crippen LogP contribution in [-0.4, -0.2) is 18.6 Å². The SMILES string of the molecule is Cc1cc(Br)cc([C@H]2NC(=O)OCC2(F)F)c1F. The van der Waals surface area contributed by atoms with Crippen molar-refractivity contribution in [1.29, 1.82) is 0 Å². The van der Waals surface area contributed by atoms with Gasteiger partial charge in [0.2, 0.25) is 0 Å². The number of nitrogens with one attached hydrogen (secondary N) is 1. The largest absolute Gasteiger partial charge is 0.443 e. The number of aryl methyl sites for hydroxylation is 1. The van der Waals surface area contributed by atoms with E-state index in [0.717, 1.165) is 0 Å². The molecule has 1 saturated heterocycles. The Labute approximate surface area is 109 Å². The molecule has 3 nitrogen and oxygen atoms in total. The molecule has 0 spiro atoms. The number of hydrogen-bond donors (Lipinski definition) is 1. The first-order valence-corrected chi connectivity index (χ1v) is 5.87. The van der Waals surface area contributed by atoms with Crippen LogP contribution in [0.4, 0.5) is 18.0 Å². The normalized spacial score (nSPS) is 22.3. The zero-order valence-corrected chi connectivity index (χ0v) is 10.9. The lowest BCUT2D eigenvalue weighted by atomic mass is 9.97. The molecule has 0 aliphatic carbocycles. The smallest absolute Gasteiger partial charge is 0.408 e. The summed E-state index contributed by atoms with van der Waals surface area (Å²) < 4.78 is 45.9. The third-order valence-electron chi connectivity index (χ3n) is 2.64. The lowest BCUT2D eigenvalue weighted by molar-refractivity contribution is -0.105.